The number of benzene rings is 1. The maximum atomic E-state index is 12.8. The normalized spacial score (nSPS) is 21.4. The fourth-order valence-corrected chi connectivity index (χ4v) is 2.66. The highest BCUT2D eigenvalue weighted by molar-refractivity contribution is 6.34. The van der Waals surface area contributed by atoms with Crippen molar-refractivity contribution in [3.05, 3.63) is 52.7 Å². The molecule has 0 saturated heterocycles. The van der Waals surface area contributed by atoms with Crippen LogP contribution in [0.2, 0.25) is 5.02 Å². The van der Waals surface area contributed by atoms with Gasteiger partial charge in [0.2, 0.25) is 0 Å². The quantitative estimate of drug-likeness (QED) is 0.901. The van der Waals surface area contributed by atoms with E-state index in [-0.39, 0.29) is 16.6 Å². The van der Waals surface area contributed by atoms with Gasteiger partial charge in [0.15, 0.2) is 0 Å². The SMILES string of the molecule is N[C@@H]1C[C@H]1c1ccc(-c2cccc(C(F)(F)F)c2Cl)nc1. The molecule has 1 aromatic heterocycles. The largest absolute Gasteiger partial charge is 0.417 e. The zero-order valence-electron chi connectivity index (χ0n) is 10.9. The van der Waals surface area contributed by atoms with Crippen LogP contribution < -0.4 is 5.73 Å². The van der Waals surface area contributed by atoms with Crippen molar-refractivity contribution in [2.75, 3.05) is 0 Å². The predicted molar refractivity (Wildman–Crippen MR) is 75.0 cm³/mol. The molecular weight excluding hydrogens is 301 g/mol. The molecule has 1 fully saturated rings. The summed E-state index contributed by atoms with van der Waals surface area (Å²) in [6.07, 6.45) is -1.90. The summed E-state index contributed by atoms with van der Waals surface area (Å²) in [7, 11) is 0. The van der Waals surface area contributed by atoms with Crippen molar-refractivity contribution in [3.8, 4) is 11.3 Å². The number of pyridine rings is 1. The number of hydrogen-bond acceptors (Lipinski definition) is 2. The van der Waals surface area contributed by atoms with Crippen LogP contribution in [0.1, 0.15) is 23.5 Å². The van der Waals surface area contributed by atoms with Gasteiger partial charge in [-0.2, -0.15) is 13.2 Å². The number of aromatic nitrogens is 1. The van der Waals surface area contributed by atoms with Crippen molar-refractivity contribution < 1.29 is 13.2 Å². The maximum Gasteiger partial charge on any atom is 0.417 e. The minimum Gasteiger partial charge on any atom is -0.327 e. The van der Waals surface area contributed by atoms with Crippen LogP contribution >= 0.6 is 11.6 Å². The van der Waals surface area contributed by atoms with Crippen molar-refractivity contribution in [3.63, 3.8) is 0 Å². The van der Waals surface area contributed by atoms with Crippen LogP contribution in [-0.2, 0) is 6.18 Å². The van der Waals surface area contributed by atoms with Gasteiger partial charge in [-0.05, 0) is 24.1 Å². The van der Waals surface area contributed by atoms with Crippen molar-refractivity contribution in [1.82, 2.24) is 4.98 Å². The van der Waals surface area contributed by atoms with Gasteiger partial charge in [0.05, 0.1) is 16.3 Å². The predicted octanol–water partition coefficient (Wildman–Crippen LogP) is 4.24. The molecule has 3 rings (SSSR count). The van der Waals surface area contributed by atoms with Crippen molar-refractivity contribution in [2.24, 2.45) is 5.73 Å². The standard InChI is InChI=1S/C15H12ClF3N2/c16-14-9(2-1-3-11(14)15(17,18)19)13-5-4-8(7-21-13)10-6-12(10)20/h1-5,7,10,12H,6,20H2/t10-,12+/m0/s1. The Bertz CT molecular complexity index is 668. The van der Waals surface area contributed by atoms with Crippen LogP contribution in [-0.4, -0.2) is 11.0 Å². The van der Waals surface area contributed by atoms with Crippen LogP contribution in [0.15, 0.2) is 36.5 Å². The molecule has 0 bridgehead atoms. The van der Waals surface area contributed by atoms with E-state index >= 15 is 0 Å². The summed E-state index contributed by atoms with van der Waals surface area (Å²) < 4.78 is 38.5. The average molecular weight is 313 g/mol. The van der Waals surface area contributed by atoms with Gasteiger partial charge in [0, 0.05) is 23.7 Å². The van der Waals surface area contributed by atoms with Crippen LogP contribution in [0.5, 0.6) is 0 Å². The molecule has 2 atom stereocenters. The molecule has 2 nitrogen and oxygen atoms in total. The highest BCUT2D eigenvalue weighted by atomic mass is 35.5. The van der Waals surface area contributed by atoms with Crippen molar-refractivity contribution in [1.29, 1.82) is 0 Å². The summed E-state index contributed by atoms with van der Waals surface area (Å²) in [6.45, 7) is 0. The lowest BCUT2D eigenvalue weighted by Gasteiger charge is -2.12. The Labute approximate surface area is 124 Å². The van der Waals surface area contributed by atoms with E-state index in [1.807, 2.05) is 6.07 Å². The first-order valence-corrected chi connectivity index (χ1v) is 6.83. The van der Waals surface area contributed by atoms with Crippen LogP contribution in [0, 0.1) is 0 Å². The van der Waals surface area contributed by atoms with Gasteiger partial charge in [-0.15, -0.1) is 0 Å². The van der Waals surface area contributed by atoms with E-state index in [1.54, 1.807) is 12.3 Å². The molecule has 0 aliphatic heterocycles. The minimum absolute atomic E-state index is 0.162. The molecule has 6 heteroatoms. The Morgan fingerprint density at radius 1 is 1.19 bits per heavy atom. The van der Waals surface area contributed by atoms with Gasteiger partial charge >= 0.3 is 6.18 Å². The van der Waals surface area contributed by atoms with Gasteiger partial charge in [-0.3, -0.25) is 4.98 Å². The highest BCUT2D eigenvalue weighted by Crippen LogP contribution is 2.41. The maximum absolute atomic E-state index is 12.8. The first kappa shape index (κ1) is 14.4. The summed E-state index contributed by atoms with van der Waals surface area (Å²) in [5.74, 6) is 0.309. The molecule has 2 N–H and O–H groups in total. The lowest BCUT2D eigenvalue weighted by molar-refractivity contribution is -0.137. The number of nitrogens with zero attached hydrogens (tertiary/aromatic N) is 1. The molecule has 0 spiro atoms. The van der Waals surface area contributed by atoms with E-state index in [0.29, 0.717) is 11.6 Å². The van der Waals surface area contributed by atoms with Crippen LogP contribution in [0.25, 0.3) is 11.3 Å². The first-order valence-electron chi connectivity index (χ1n) is 6.45. The first-order chi connectivity index (χ1) is 9.88. The van der Waals surface area contributed by atoms with Crippen molar-refractivity contribution >= 4 is 11.6 Å². The Balaban J connectivity index is 1.97. The third-order valence-corrected chi connectivity index (χ3v) is 4.04. The van der Waals surface area contributed by atoms with Crippen LogP contribution in [0.4, 0.5) is 13.2 Å². The van der Waals surface area contributed by atoms with Gasteiger partial charge in [0.25, 0.3) is 0 Å². The van der Waals surface area contributed by atoms with E-state index in [2.05, 4.69) is 4.98 Å². The fourth-order valence-electron chi connectivity index (χ4n) is 2.33. The molecule has 2 aromatic rings. The van der Waals surface area contributed by atoms with E-state index in [1.165, 1.54) is 12.1 Å². The Kier molecular flexibility index (Phi) is 3.42. The third kappa shape index (κ3) is 2.76. The Hall–Kier alpha value is -1.59. The second-order valence-corrected chi connectivity index (χ2v) is 5.53. The molecule has 1 saturated carbocycles. The van der Waals surface area contributed by atoms with E-state index in [0.717, 1.165) is 18.1 Å². The summed E-state index contributed by atoms with van der Waals surface area (Å²) in [5.41, 5.74) is 6.62. The monoisotopic (exact) mass is 312 g/mol. The van der Waals surface area contributed by atoms with Crippen molar-refractivity contribution in [2.45, 2.75) is 24.6 Å². The molecular formula is C15H12ClF3N2. The van der Waals surface area contributed by atoms with E-state index in [9.17, 15) is 13.2 Å². The Morgan fingerprint density at radius 3 is 2.43 bits per heavy atom. The minimum atomic E-state index is -4.48. The second-order valence-electron chi connectivity index (χ2n) is 5.15. The number of halogens is 4. The Morgan fingerprint density at radius 2 is 1.90 bits per heavy atom. The third-order valence-electron chi connectivity index (χ3n) is 3.63. The van der Waals surface area contributed by atoms with Gasteiger partial charge < -0.3 is 5.73 Å². The van der Waals surface area contributed by atoms with Gasteiger partial charge in [-0.25, -0.2) is 0 Å². The highest BCUT2D eigenvalue weighted by Gasteiger charge is 2.35. The molecule has 1 heterocycles. The summed E-state index contributed by atoms with van der Waals surface area (Å²) in [5, 5.41) is -0.326. The lowest BCUT2D eigenvalue weighted by Crippen LogP contribution is -2.06. The number of nitrogens with two attached hydrogens (primary N) is 1. The molecule has 0 amide bonds. The molecule has 1 aromatic carbocycles. The van der Waals surface area contributed by atoms with E-state index in [4.69, 9.17) is 17.3 Å². The summed E-state index contributed by atoms with van der Waals surface area (Å²) in [4.78, 5) is 4.22. The fraction of sp³-hybridized carbons (Fsp3) is 0.267. The lowest BCUT2D eigenvalue weighted by atomic mass is 10.1. The number of hydrogen-bond donors (Lipinski definition) is 1. The smallest absolute Gasteiger partial charge is 0.327 e. The second kappa shape index (κ2) is 5.00. The van der Waals surface area contributed by atoms with E-state index < -0.39 is 11.7 Å². The number of alkyl halides is 3. The molecule has 1 aliphatic carbocycles. The average Bonchev–Trinajstić information content (AvgIpc) is 3.15. The molecule has 21 heavy (non-hydrogen) atoms. The molecule has 0 radical (unpaired) electrons. The molecule has 1 aliphatic rings. The molecule has 0 unspecified atom stereocenters. The molecule has 110 valence electrons. The van der Waals surface area contributed by atoms with Crippen LogP contribution in [0.3, 0.4) is 0 Å². The van der Waals surface area contributed by atoms with Gasteiger partial charge in [0.1, 0.15) is 0 Å². The summed E-state index contributed by atoms with van der Waals surface area (Å²) in [6, 6.07) is 7.51. The topological polar surface area (TPSA) is 38.9 Å². The zero-order valence-corrected chi connectivity index (χ0v) is 11.6. The zero-order chi connectivity index (χ0) is 15.2. The summed E-state index contributed by atoms with van der Waals surface area (Å²) >= 11 is 5.89. The number of rotatable bonds is 2. The van der Waals surface area contributed by atoms with Gasteiger partial charge in [-0.1, -0.05) is 29.8 Å².